The van der Waals surface area contributed by atoms with Gasteiger partial charge in [0.2, 0.25) is 5.91 Å². The minimum Gasteiger partial charge on any atom is -0.341 e. The minimum absolute atomic E-state index is 0.305. The minimum atomic E-state index is 0.305. The van der Waals surface area contributed by atoms with Crippen LogP contribution in [0.2, 0.25) is 0 Å². The highest BCUT2D eigenvalue weighted by Crippen LogP contribution is 2.28. The van der Waals surface area contributed by atoms with Gasteiger partial charge in [0.1, 0.15) is 0 Å². The molecule has 0 radical (unpaired) electrons. The first-order valence-electron chi connectivity index (χ1n) is 9.16. The van der Waals surface area contributed by atoms with E-state index in [2.05, 4.69) is 34.7 Å². The zero-order chi connectivity index (χ0) is 16.9. The van der Waals surface area contributed by atoms with E-state index < -0.39 is 0 Å². The molecular weight excluding hydrogens is 298 g/mol. The number of allylic oxidation sites excluding steroid dienone is 1. The molecule has 4 rings (SSSR count). The quantitative estimate of drug-likeness (QED) is 0.780. The molecule has 1 aromatic rings. The zero-order valence-electron chi connectivity index (χ0n) is 14.9. The number of hydrogen-bond acceptors (Lipinski definition) is 3. The van der Waals surface area contributed by atoms with Crippen molar-refractivity contribution in [3.63, 3.8) is 0 Å². The van der Waals surface area contributed by atoms with Crippen LogP contribution in [0.4, 0.5) is 0 Å². The van der Waals surface area contributed by atoms with Crippen LogP contribution in [0.25, 0.3) is 0 Å². The number of nitrogens with zero attached hydrogens (tertiary/aromatic N) is 3. The van der Waals surface area contributed by atoms with Crippen molar-refractivity contribution in [2.75, 3.05) is 26.2 Å². The standard InChI is InChI=1S/C20H29N3O/c1-16(2)9-11-22-13-18-5-7-19(22)15-23(14-18)20(24)8-6-17-4-3-10-21-12-17/h3-4,9-10,12,18-19H,5-8,11,13-15H2,1-2H3/t18-,19-/m1/s1. The van der Waals surface area contributed by atoms with Crippen molar-refractivity contribution in [3.05, 3.63) is 41.7 Å². The van der Waals surface area contributed by atoms with E-state index in [-0.39, 0.29) is 0 Å². The Labute approximate surface area is 145 Å². The highest BCUT2D eigenvalue weighted by Gasteiger charge is 2.35. The molecule has 0 spiro atoms. The molecule has 4 heteroatoms. The summed E-state index contributed by atoms with van der Waals surface area (Å²) in [7, 11) is 0. The number of pyridine rings is 1. The van der Waals surface area contributed by atoms with E-state index in [0.717, 1.165) is 38.2 Å². The molecule has 0 N–H and O–H groups in total. The molecular formula is C20H29N3O. The number of aryl methyl sites for hydroxylation is 1. The molecule has 0 saturated carbocycles. The van der Waals surface area contributed by atoms with Crippen LogP contribution < -0.4 is 0 Å². The Morgan fingerprint density at radius 1 is 1.29 bits per heavy atom. The molecule has 1 aromatic heterocycles. The van der Waals surface area contributed by atoms with Crippen LogP contribution in [0.5, 0.6) is 0 Å². The van der Waals surface area contributed by atoms with Crippen LogP contribution in [0, 0.1) is 5.92 Å². The maximum absolute atomic E-state index is 12.7. The predicted octanol–water partition coefficient (Wildman–Crippen LogP) is 2.90. The van der Waals surface area contributed by atoms with Gasteiger partial charge in [-0.2, -0.15) is 0 Å². The molecule has 3 aliphatic heterocycles. The molecule has 3 fully saturated rings. The Hall–Kier alpha value is -1.68. The van der Waals surface area contributed by atoms with E-state index >= 15 is 0 Å². The molecule has 130 valence electrons. The van der Waals surface area contributed by atoms with E-state index in [4.69, 9.17) is 0 Å². The molecule has 2 atom stereocenters. The number of amides is 1. The maximum Gasteiger partial charge on any atom is 0.222 e. The number of aromatic nitrogens is 1. The lowest BCUT2D eigenvalue weighted by atomic mass is 9.95. The topological polar surface area (TPSA) is 36.4 Å². The number of carbonyl (C=O) groups excluding carboxylic acids is 1. The highest BCUT2D eigenvalue weighted by atomic mass is 16.2. The Morgan fingerprint density at radius 3 is 2.92 bits per heavy atom. The van der Waals surface area contributed by atoms with Gasteiger partial charge in [0.25, 0.3) is 0 Å². The fraction of sp³-hybridized carbons (Fsp3) is 0.600. The van der Waals surface area contributed by atoms with E-state index in [9.17, 15) is 4.79 Å². The molecule has 4 heterocycles. The normalized spacial score (nSPS) is 23.8. The Kier molecular flexibility index (Phi) is 5.67. The third kappa shape index (κ3) is 4.44. The molecule has 3 aliphatic rings. The zero-order valence-corrected chi connectivity index (χ0v) is 14.9. The lowest BCUT2D eigenvalue weighted by Gasteiger charge is -2.35. The summed E-state index contributed by atoms with van der Waals surface area (Å²) in [5.41, 5.74) is 2.52. The summed E-state index contributed by atoms with van der Waals surface area (Å²) in [6.45, 7) is 8.32. The van der Waals surface area contributed by atoms with Gasteiger partial charge in [0, 0.05) is 51.0 Å². The number of hydrogen-bond donors (Lipinski definition) is 0. The van der Waals surface area contributed by atoms with Crippen molar-refractivity contribution < 1.29 is 4.79 Å². The number of rotatable bonds is 5. The van der Waals surface area contributed by atoms with Crippen molar-refractivity contribution in [2.24, 2.45) is 5.92 Å². The van der Waals surface area contributed by atoms with Crippen LogP contribution in [0.3, 0.4) is 0 Å². The van der Waals surface area contributed by atoms with Crippen LogP contribution in [-0.4, -0.2) is 52.9 Å². The second-order valence-corrected chi connectivity index (χ2v) is 7.49. The van der Waals surface area contributed by atoms with Crippen molar-refractivity contribution in [2.45, 2.75) is 45.6 Å². The van der Waals surface area contributed by atoms with Crippen LogP contribution >= 0.6 is 0 Å². The molecule has 0 unspecified atom stereocenters. The summed E-state index contributed by atoms with van der Waals surface area (Å²) in [5, 5.41) is 0. The van der Waals surface area contributed by atoms with Crippen LogP contribution in [-0.2, 0) is 11.2 Å². The van der Waals surface area contributed by atoms with E-state index in [0.29, 0.717) is 24.3 Å². The van der Waals surface area contributed by atoms with Gasteiger partial charge in [-0.15, -0.1) is 0 Å². The summed E-state index contributed by atoms with van der Waals surface area (Å²) in [5.74, 6) is 0.941. The second-order valence-electron chi connectivity index (χ2n) is 7.49. The van der Waals surface area contributed by atoms with Crippen molar-refractivity contribution in [3.8, 4) is 0 Å². The summed E-state index contributed by atoms with van der Waals surface area (Å²) >= 11 is 0. The van der Waals surface area contributed by atoms with Gasteiger partial charge in [-0.3, -0.25) is 14.7 Å². The Bertz CT molecular complexity index is 580. The summed E-state index contributed by atoms with van der Waals surface area (Å²) in [6.07, 6.45) is 9.84. The smallest absolute Gasteiger partial charge is 0.222 e. The number of fused-ring (bicyclic) bond motifs is 4. The van der Waals surface area contributed by atoms with Gasteiger partial charge in [0.15, 0.2) is 0 Å². The van der Waals surface area contributed by atoms with E-state index in [1.54, 1.807) is 6.20 Å². The van der Waals surface area contributed by atoms with E-state index in [1.165, 1.54) is 18.4 Å². The van der Waals surface area contributed by atoms with Gasteiger partial charge in [-0.25, -0.2) is 0 Å². The molecule has 0 aromatic carbocycles. The van der Waals surface area contributed by atoms with Crippen molar-refractivity contribution in [1.29, 1.82) is 0 Å². The van der Waals surface area contributed by atoms with Gasteiger partial charge >= 0.3 is 0 Å². The molecule has 2 bridgehead atoms. The van der Waals surface area contributed by atoms with Crippen molar-refractivity contribution in [1.82, 2.24) is 14.8 Å². The Morgan fingerprint density at radius 2 is 2.17 bits per heavy atom. The summed E-state index contributed by atoms with van der Waals surface area (Å²) in [6, 6.07) is 4.52. The largest absolute Gasteiger partial charge is 0.341 e. The lowest BCUT2D eigenvalue weighted by Crippen LogP contribution is -2.44. The van der Waals surface area contributed by atoms with Gasteiger partial charge in [-0.05, 0) is 50.7 Å². The first-order chi connectivity index (χ1) is 11.6. The van der Waals surface area contributed by atoms with E-state index in [1.807, 2.05) is 18.3 Å². The third-order valence-corrected chi connectivity index (χ3v) is 5.26. The summed E-state index contributed by atoms with van der Waals surface area (Å²) in [4.78, 5) is 21.5. The predicted molar refractivity (Wildman–Crippen MR) is 96.7 cm³/mol. The summed E-state index contributed by atoms with van der Waals surface area (Å²) < 4.78 is 0. The first kappa shape index (κ1) is 17.2. The first-order valence-corrected chi connectivity index (χ1v) is 9.16. The van der Waals surface area contributed by atoms with Crippen molar-refractivity contribution >= 4 is 5.91 Å². The highest BCUT2D eigenvalue weighted by molar-refractivity contribution is 5.76. The molecule has 0 aliphatic carbocycles. The molecule has 3 saturated heterocycles. The average Bonchev–Trinajstić information content (AvgIpc) is 2.90. The SMILES string of the molecule is CC(C)=CCN1C[C@H]2CC[C@@H]1CN(C(=O)CCc1cccnc1)C2. The third-order valence-electron chi connectivity index (χ3n) is 5.26. The fourth-order valence-electron chi connectivity index (χ4n) is 3.86. The lowest BCUT2D eigenvalue weighted by molar-refractivity contribution is -0.131. The monoisotopic (exact) mass is 327 g/mol. The Balaban J connectivity index is 1.57. The van der Waals surface area contributed by atoms with Gasteiger partial charge in [0.05, 0.1) is 0 Å². The van der Waals surface area contributed by atoms with Gasteiger partial charge in [-0.1, -0.05) is 17.7 Å². The van der Waals surface area contributed by atoms with Crippen LogP contribution in [0.15, 0.2) is 36.2 Å². The molecule has 24 heavy (non-hydrogen) atoms. The fourth-order valence-corrected chi connectivity index (χ4v) is 3.86. The number of piperidine rings is 1. The maximum atomic E-state index is 12.7. The second kappa shape index (κ2) is 7.93. The van der Waals surface area contributed by atoms with Crippen LogP contribution in [0.1, 0.15) is 38.7 Å². The molecule has 4 nitrogen and oxygen atoms in total. The molecule has 1 amide bonds. The average molecular weight is 327 g/mol. The van der Waals surface area contributed by atoms with Gasteiger partial charge < -0.3 is 4.90 Å². The number of carbonyl (C=O) groups is 1.